The van der Waals surface area contributed by atoms with Crippen molar-refractivity contribution in [2.75, 3.05) is 19.8 Å². The highest BCUT2D eigenvalue weighted by Crippen LogP contribution is 2.59. The standard InChI is InChI=1S/C26H40N2O6/c1-7-9-13-33-25(32)20-19-10-11-26(34-19)21(20)23(30)28(18(15-29)14-16(3)4)22(26)24(31)27(12-8-2)17(5)6/h7-8,16-22,29H,1-2,9-15H2,3-6H3/t18-,19-,20+,21+,22?,26?/m1/s1. The van der Waals surface area contributed by atoms with Crippen molar-refractivity contribution in [3.63, 3.8) is 0 Å². The third kappa shape index (κ3) is 4.42. The Kier molecular flexibility index (Phi) is 8.24. The second kappa shape index (κ2) is 10.6. The molecule has 3 aliphatic rings. The van der Waals surface area contributed by atoms with Crippen LogP contribution in [0.25, 0.3) is 0 Å². The van der Waals surface area contributed by atoms with E-state index in [4.69, 9.17) is 9.47 Å². The van der Waals surface area contributed by atoms with Crippen LogP contribution in [0.4, 0.5) is 0 Å². The smallest absolute Gasteiger partial charge is 0.312 e. The van der Waals surface area contributed by atoms with Crippen LogP contribution in [-0.4, -0.2) is 82.3 Å². The Labute approximate surface area is 202 Å². The third-order valence-electron chi connectivity index (χ3n) is 7.39. The second-order valence-corrected chi connectivity index (χ2v) is 10.4. The summed E-state index contributed by atoms with van der Waals surface area (Å²) in [6, 6.07) is -1.56. The molecule has 0 aliphatic carbocycles. The monoisotopic (exact) mass is 476 g/mol. The van der Waals surface area contributed by atoms with E-state index in [2.05, 4.69) is 13.2 Å². The summed E-state index contributed by atoms with van der Waals surface area (Å²) in [5.74, 6) is -2.34. The van der Waals surface area contributed by atoms with E-state index in [1.54, 1.807) is 17.1 Å². The maximum absolute atomic E-state index is 14.0. The lowest BCUT2D eigenvalue weighted by atomic mass is 9.70. The number of nitrogens with zero attached hydrogens (tertiary/aromatic N) is 2. The predicted octanol–water partition coefficient (Wildman–Crippen LogP) is 2.31. The van der Waals surface area contributed by atoms with Gasteiger partial charge in [0.25, 0.3) is 0 Å². The van der Waals surface area contributed by atoms with Crippen molar-refractivity contribution < 1.29 is 29.0 Å². The lowest BCUT2D eigenvalue weighted by Crippen LogP contribution is -2.59. The van der Waals surface area contributed by atoms with E-state index >= 15 is 0 Å². The molecule has 3 rings (SSSR count). The molecule has 0 radical (unpaired) electrons. The van der Waals surface area contributed by atoms with Crippen molar-refractivity contribution in [3.05, 3.63) is 25.3 Å². The van der Waals surface area contributed by atoms with Crippen LogP contribution < -0.4 is 0 Å². The zero-order chi connectivity index (χ0) is 25.2. The van der Waals surface area contributed by atoms with Gasteiger partial charge in [0.15, 0.2) is 0 Å². The van der Waals surface area contributed by atoms with Crippen LogP contribution in [-0.2, 0) is 23.9 Å². The number of fused-ring (bicyclic) bond motifs is 1. The van der Waals surface area contributed by atoms with Gasteiger partial charge in [-0.15, -0.1) is 13.2 Å². The first-order valence-electron chi connectivity index (χ1n) is 12.4. The summed E-state index contributed by atoms with van der Waals surface area (Å²) in [6.45, 7) is 15.6. The summed E-state index contributed by atoms with van der Waals surface area (Å²) >= 11 is 0. The molecule has 3 fully saturated rings. The molecule has 2 unspecified atom stereocenters. The highest BCUT2D eigenvalue weighted by Gasteiger charge is 2.75. The van der Waals surface area contributed by atoms with Gasteiger partial charge in [0.1, 0.15) is 11.6 Å². The highest BCUT2D eigenvalue weighted by atomic mass is 16.6. The maximum Gasteiger partial charge on any atom is 0.312 e. The molecular weight excluding hydrogens is 436 g/mol. The Balaban J connectivity index is 2.05. The largest absolute Gasteiger partial charge is 0.465 e. The van der Waals surface area contributed by atoms with E-state index in [-0.39, 0.29) is 37.0 Å². The van der Waals surface area contributed by atoms with E-state index in [1.165, 1.54) is 4.90 Å². The van der Waals surface area contributed by atoms with Crippen molar-refractivity contribution in [1.82, 2.24) is 9.80 Å². The average molecular weight is 477 g/mol. The number of amides is 2. The van der Waals surface area contributed by atoms with E-state index in [9.17, 15) is 19.5 Å². The number of rotatable bonds is 12. The van der Waals surface area contributed by atoms with Gasteiger partial charge >= 0.3 is 5.97 Å². The molecule has 2 bridgehead atoms. The van der Waals surface area contributed by atoms with Crippen molar-refractivity contribution in [1.29, 1.82) is 0 Å². The first kappa shape index (κ1) is 26.4. The Morgan fingerprint density at radius 2 is 2.00 bits per heavy atom. The molecule has 1 spiro atoms. The van der Waals surface area contributed by atoms with Crippen molar-refractivity contribution >= 4 is 17.8 Å². The number of hydrogen-bond acceptors (Lipinski definition) is 6. The van der Waals surface area contributed by atoms with Gasteiger partial charge in [0.05, 0.1) is 37.2 Å². The number of hydrogen-bond donors (Lipinski definition) is 1. The number of ether oxygens (including phenoxy) is 2. The summed E-state index contributed by atoms with van der Waals surface area (Å²) in [5, 5.41) is 10.3. The number of esters is 1. The zero-order valence-corrected chi connectivity index (χ0v) is 20.9. The molecule has 0 aromatic rings. The van der Waals surface area contributed by atoms with Crippen LogP contribution in [0.15, 0.2) is 25.3 Å². The number of aliphatic hydroxyl groups is 1. The van der Waals surface area contributed by atoms with Crippen LogP contribution >= 0.6 is 0 Å². The normalized spacial score (nSPS) is 30.6. The minimum atomic E-state index is -1.10. The van der Waals surface area contributed by atoms with Crippen molar-refractivity contribution in [2.24, 2.45) is 17.8 Å². The minimum absolute atomic E-state index is 0.117. The average Bonchev–Trinajstić information content (AvgIpc) is 3.42. The van der Waals surface area contributed by atoms with E-state index in [1.807, 2.05) is 27.7 Å². The first-order valence-corrected chi connectivity index (χ1v) is 12.4. The second-order valence-electron chi connectivity index (χ2n) is 10.4. The van der Waals surface area contributed by atoms with E-state index < -0.39 is 41.6 Å². The molecule has 0 aromatic carbocycles. The van der Waals surface area contributed by atoms with Crippen molar-refractivity contribution in [2.45, 2.75) is 83.2 Å². The van der Waals surface area contributed by atoms with Gasteiger partial charge < -0.3 is 24.4 Å². The van der Waals surface area contributed by atoms with Crippen LogP contribution in [0.3, 0.4) is 0 Å². The maximum atomic E-state index is 14.0. The molecule has 3 saturated heterocycles. The molecule has 8 heteroatoms. The fourth-order valence-electron chi connectivity index (χ4n) is 6.04. The molecule has 3 aliphatic heterocycles. The molecule has 190 valence electrons. The van der Waals surface area contributed by atoms with Gasteiger partial charge in [-0.3, -0.25) is 14.4 Å². The van der Waals surface area contributed by atoms with Crippen LogP contribution in [0.1, 0.15) is 53.4 Å². The summed E-state index contributed by atoms with van der Waals surface area (Å²) in [7, 11) is 0. The van der Waals surface area contributed by atoms with Gasteiger partial charge in [0.2, 0.25) is 11.8 Å². The lowest BCUT2D eigenvalue weighted by Gasteiger charge is -2.40. The molecular formula is C26H40N2O6. The summed E-state index contributed by atoms with van der Waals surface area (Å²) in [4.78, 5) is 44.3. The fourth-order valence-corrected chi connectivity index (χ4v) is 6.04. The van der Waals surface area contributed by atoms with Gasteiger partial charge in [0, 0.05) is 12.6 Å². The van der Waals surface area contributed by atoms with Crippen LogP contribution in [0.5, 0.6) is 0 Å². The van der Waals surface area contributed by atoms with E-state index in [0.29, 0.717) is 32.2 Å². The van der Waals surface area contributed by atoms with Crippen LogP contribution in [0, 0.1) is 17.8 Å². The summed E-state index contributed by atoms with van der Waals surface area (Å²) in [6.07, 6.45) is 5.03. The zero-order valence-electron chi connectivity index (χ0n) is 20.9. The highest BCUT2D eigenvalue weighted by molar-refractivity contribution is 5.98. The SMILES string of the molecule is C=CCCOC(=O)[C@@H]1[C@H]2C(=O)N([C@@H](CO)CC(C)C)C(C(=O)N(CC=C)C(C)C)C23CC[C@H]1O3. The van der Waals surface area contributed by atoms with E-state index in [0.717, 1.165) is 0 Å². The Morgan fingerprint density at radius 3 is 2.56 bits per heavy atom. The quantitative estimate of drug-likeness (QED) is 0.264. The lowest BCUT2D eigenvalue weighted by molar-refractivity contribution is -0.157. The molecule has 34 heavy (non-hydrogen) atoms. The Bertz CT molecular complexity index is 811. The number of aliphatic hydroxyl groups excluding tert-OH is 1. The number of carbonyl (C=O) groups excluding carboxylic acids is 3. The first-order chi connectivity index (χ1) is 16.1. The van der Waals surface area contributed by atoms with Crippen LogP contribution in [0.2, 0.25) is 0 Å². The molecule has 2 amide bonds. The molecule has 0 saturated carbocycles. The Morgan fingerprint density at radius 1 is 1.29 bits per heavy atom. The number of likely N-dealkylation sites (tertiary alicyclic amines) is 1. The number of carbonyl (C=O) groups is 3. The van der Waals surface area contributed by atoms with Crippen molar-refractivity contribution in [3.8, 4) is 0 Å². The topological polar surface area (TPSA) is 96.4 Å². The molecule has 1 N–H and O–H groups in total. The Hall–Kier alpha value is -2.19. The van der Waals surface area contributed by atoms with Gasteiger partial charge in [-0.25, -0.2) is 0 Å². The van der Waals surface area contributed by atoms with Gasteiger partial charge in [-0.1, -0.05) is 26.0 Å². The van der Waals surface area contributed by atoms with Gasteiger partial charge in [-0.05, 0) is 45.4 Å². The molecule has 6 atom stereocenters. The summed E-state index contributed by atoms with van der Waals surface area (Å²) in [5.41, 5.74) is -1.10. The molecule has 3 heterocycles. The van der Waals surface area contributed by atoms with Gasteiger partial charge in [-0.2, -0.15) is 0 Å². The molecule has 8 nitrogen and oxygen atoms in total. The molecule has 0 aromatic heterocycles. The minimum Gasteiger partial charge on any atom is -0.465 e. The predicted molar refractivity (Wildman–Crippen MR) is 128 cm³/mol. The third-order valence-corrected chi connectivity index (χ3v) is 7.39. The fraction of sp³-hybridized carbons (Fsp3) is 0.731. The summed E-state index contributed by atoms with van der Waals surface area (Å²) < 4.78 is 11.9.